The number of rotatable bonds is 6. The number of fused-ring (bicyclic) bond motifs is 1. The van der Waals surface area contributed by atoms with Gasteiger partial charge in [-0.15, -0.1) is 0 Å². The number of benzene rings is 3. The van der Waals surface area contributed by atoms with E-state index in [4.69, 9.17) is 11.6 Å². The average Bonchev–Trinajstić information content (AvgIpc) is 2.80. The molecule has 4 aromatic rings. The number of carbonyl (C=O) groups excluding carboxylic acids is 1. The van der Waals surface area contributed by atoms with Crippen LogP contribution in [0.4, 0.5) is 4.39 Å². The number of nitrogens with zero attached hydrogens (tertiary/aromatic N) is 2. The predicted octanol–water partition coefficient (Wildman–Crippen LogP) is 3.88. The summed E-state index contributed by atoms with van der Waals surface area (Å²) in [5, 5.41) is 3.16. The minimum Gasteiger partial charge on any atom is -0.348 e. The van der Waals surface area contributed by atoms with E-state index in [9.17, 15) is 18.8 Å². The maximum absolute atomic E-state index is 13.2. The first-order valence-corrected chi connectivity index (χ1v) is 10.7. The van der Waals surface area contributed by atoms with Gasteiger partial charge in [0.1, 0.15) is 12.4 Å². The van der Waals surface area contributed by atoms with Crippen molar-refractivity contribution in [2.75, 3.05) is 0 Å². The van der Waals surface area contributed by atoms with Crippen molar-refractivity contribution >= 4 is 28.5 Å². The molecule has 0 aliphatic carbocycles. The number of halogens is 2. The minimum atomic E-state index is -0.815. The highest BCUT2D eigenvalue weighted by molar-refractivity contribution is 6.31. The first kappa shape index (κ1) is 22.5. The molecule has 0 bridgehead atoms. The van der Waals surface area contributed by atoms with Crippen molar-refractivity contribution in [3.63, 3.8) is 0 Å². The lowest BCUT2D eigenvalue weighted by molar-refractivity contribution is -0.122. The largest absolute Gasteiger partial charge is 0.348 e. The number of carbonyl (C=O) groups is 1. The zero-order valence-electron chi connectivity index (χ0n) is 17.8. The summed E-state index contributed by atoms with van der Waals surface area (Å²) in [6.45, 7) is 1.60. The summed E-state index contributed by atoms with van der Waals surface area (Å²) < 4.78 is 15.7. The summed E-state index contributed by atoms with van der Waals surface area (Å²) in [5.74, 6) is -0.835. The van der Waals surface area contributed by atoms with Crippen molar-refractivity contribution in [3.8, 4) is 0 Å². The predicted molar refractivity (Wildman–Crippen MR) is 126 cm³/mol. The molecule has 8 heteroatoms. The zero-order chi connectivity index (χ0) is 23.5. The third kappa shape index (κ3) is 4.88. The molecule has 1 atom stereocenters. The summed E-state index contributed by atoms with van der Waals surface area (Å²) >= 11 is 6.18. The molecule has 4 rings (SSSR count). The zero-order valence-corrected chi connectivity index (χ0v) is 18.6. The van der Waals surface area contributed by atoms with E-state index in [0.29, 0.717) is 21.6 Å². The van der Waals surface area contributed by atoms with E-state index >= 15 is 0 Å². The van der Waals surface area contributed by atoms with Gasteiger partial charge in [-0.05, 0) is 48.4 Å². The van der Waals surface area contributed by atoms with Gasteiger partial charge in [0.15, 0.2) is 0 Å². The highest BCUT2D eigenvalue weighted by Crippen LogP contribution is 2.19. The van der Waals surface area contributed by atoms with Crippen LogP contribution in [0, 0.1) is 5.82 Å². The number of hydrogen-bond acceptors (Lipinski definition) is 3. The lowest BCUT2D eigenvalue weighted by Gasteiger charge is -2.18. The Morgan fingerprint density at radius 2 is 1.61 bits per heavy atom. The minimum absolute atomic E-state index is 0.210. The van der Waals surface area contributed by atoms with Gasteiger partial charge in [-0.2, -0.15) is 0 Å². The summed E-state index contributed by atoms with van der Waals surface area (Å²) in [4.78, 5) is 38.7. The Morgan fingerprint density at radius 3 is 2.30 bits per heavy atom. The van der Waals surface area contributed by atoms with E-state index in [1.807, 2.05) is 30.3 Å². The first-order valence-electron chi connectivity index (χ1n) is 10.3. The second-order valence-corrected chi connectivity index (χ2v) is 8.18. The van der Waals surface area contributed by atoms with Gasteiger partial charge in [0.05, 0.1) is 23.6 Å². The SMILES string of the molecule is CC(NC(=O)Cn1c(=O)c(=O)n(Cc2ccccc2)c2ccc(Cl)cc21)c1ccc(F)cc1. The van der Waals surface area contributed by atoms with Crippen molar-refractivity contribution in [3.05, 3.63) is 115 Å². The molecule has 6 nitrogen and oxygen atoms in total. The van der Waals surface area contributed by atoms with Crippen LogP contribution in [0.3, 0.4) is 0 Å². The van der Waals surface area contributed by atoms with Crippen LogP contribution in [0.25, 0.3) is 11.0 Å². The van der Waals surface area contributed by atoms with Crippen LogP contribution in [-0.2, 0) is 17.9 Å². The van der Waals surface area contributed by atoms with E-state index < -0.39 is 23.1 Å². The molecule has 3 aromatic carbocycles. The number of aromatic nitrogens is 2. The first-order chi connectivity index (χ1) is 15.8. The molecule has 1 amide bonds. The number of hydrogen-bond donors (Lipinski definition) is 1. The smallest absolute Gasteiger partial charge is 0.317 e. The molecule has 0 aliphatic heterocycles. The Balaban J connectivity index is 1.70. The maximum atomic E-state index is 13.2. The van der Waals surface area contributed by atoms with E-state index in [2.05, 4.69) is 5.32 Å². The van der Waals surface area contributed by atoms with E-state index in [-0.39, 0.29) is 18.9 Å². The fourth-order valence-corrected chi connectivity index (χ4v) is 3.90. The van der Waals surface area contributed by atoms with Crippen LogP contribution in [0.2, 0.25) is 5.02 Å². The fourth-order valence-electron chi connectivity index (χ4n) is 3.74. The van der Waals surface area contributed by atoms with Crippen molar-refractivity contribution in [2.45, 2.75) is 26.1 Å². The summed E-state index contributed by atoms with van der Waals surface area (Å²) in [5.41, 5.74) is 0.903. The monoisotopic (exact) mass is 465 g/mol. The molecule has 168 valence electrons. The highest BCUT2D eigenvalue weighted by Gasteiger charge is 2.17. The Hall–Kier alpha value is -3.71. The molecule has 1 unspecified atom stereocenters. The Bertz CT molecular complexity index is 1430. The van der Waals surface area contributed by atoms with Gasteiger partial charge in [-0.3, -0.25) is 23.5 Å². The van der Waals surface area contributed by atoms with E-state index in [1.54, 1.807) is 37.3 Å². The molecule has 1 aromatic heterocycles. The summed E-state index contributed by atoms with van der Waals surface area (Å²) in [6.07, 6.45) is 0. The molecule has 1 heterocycles. The van der Waals surface area contributed by atoms with Crippen LogP contribution in [0.1, 0.15) is 24.1 Å². The third-order valence-corrected chi connectivity index (χ3v) is 5.66. The van der Waals surface area contributed by atoms with E-state index in [0.717, 1.165) is 10.1 Å². The summed E-state index contributed by atoms with van der Waals surface area (Å²) in [6, 6.07) is 19.5. The lowest BCUT2D eigenvalue weighted by atomic mass is 10.1. The number of amides is 1. The molecule has 0 saturated heterocycles. The number of nitrogens with one attached hydrogen (secondary N) is 1. The van der Waals surface area contributed by atoms with Gasteiger partial charge >= 0.3 is 11.1 Å². The molecule has 33 heavy (non-hydrogen) atoms. The molecule has 0 saturated carbocycles. The maximum Gasteiger partial charge on any atom is 0.317 e. The quantitative estimate of drug-likeness (QED) is 0.439. The van der Waals surface area contributed by atoms with Gasteiger partial charge in [0, 0.05) is 5.02 Å². The van der Waals surface area contributed by atoms with Crippen molar-refractivity contribution in [1.82, 2.24) is 14.5 Å². The van der Waals surface area contributed by atoms with Gasteiger partial charge in [0.25, 0.3) is 0 Å². The van der Waals surface area contributed by atoms with Crippen LogP contribution >= 0.6 is 11.6 Å². The lowest BCUT2D eigenvalue weighted by Crippen LogP contribution is -2.44. The van der Waals surface area contributed by atoms with Crippen LogP contribution in [0.5, 0.6) is 0 Å². The van der Waals surface area contributed by atoms with Crippen molar-refractivity contribution in [1.29, 1.82) is 0 Å². The fraction of sp³-hybridized carbons (Fsp3) is 0.160. The molecule has 0 fully saturated rings. The van der Waals surface area contributed by atoms with Crippen molar-refractivity contribution in [2.24, 2.45) is 0 Å². The summed E-state index contributed by atoms with van der Waals surface area (Å²) in [7, 11) is 0. The topological polar surface area (TPSA) is 73.1 Å². The molecular formula is C25H21ClFN3O3. The second kappa shape index (κ2) is 9.42. The third-order valence-electron chi connectivity index (χ3n) is 5.43. The van der Waals surface area contributed by atoms with Crippen molar-refractivity contribution < 1.29 is 9.18 Å². The normalized spacial score (nSPS) is 12.0. The molecule has 0 aliphatic rings. The van der Waals surface area contributed by atoms with Gasteiger partial charge < -0.3 is 5.32 Å². The van der Waals surface area contributed by atoms with Crippen LogP contribution < -0.4 is 16.4 Å². The highest BCUT2D eigenvalue weighted by atomic mass is 35.5. The molecule has 1 N–H and O–H groups in total. The molecule has 0 radical (unpaired) electrons. The van der Waals surface area contributed by atoms with Gasteiger partial charge in [0.2, 0.25) is 5.91 Å². The molecular weight excluding hydrogens is 445 g/mol. The molecule has 0 spiro atoms. The van der Waals surface area contributed by atoms with Gasteiger partial charge in [-0.25, -0.2) is 4.39 Å². The van der Waals surface area contributed by atoms with Crippen LogP contribution in [-0.4, -0.2) is 15.0 Å². The average molecular weight is 466 g/mol. The Kier molecular flexibility index (Phi) is 6.42. The second-order valence-electron chi connectivity index (χ2n) is 7.74. The van der Waals surface area contributed by atoms with E-state index in [1.165, 1.54) is 16.7 Å². The van der Waals surface area contributed by atoms with Gasteiger partial charge in [-0.1, -0.05) is 54.1 Å². The Labute approximate surface area is 193 Å². The van der Waals surface area contributed by atoms with Crippen LogP contribution in [0.15, 0.2) is 82.4 Å². The Morgan fingerprint density at radius 1 is 0.939 bits per heavy atom. The standard InChI is InChI=1S/C25H21ClFN3O3/c1-16(18-7-10-20(27)11-8-18)28-23(31)15-30-22-13-19(26)9-12-21(22)29(24(32)25(30)33)14-17-5-3-2-4-6-17/h2-13,16H,14-15H2,1H3,(H,28,31).